The first-order valence-electron chi connectivity index (χ1n) is 8.09. The van der Waals surface area contributed by atoms with Crippen LogP contribution in [-0.4, -0.2) is 30.3 Å². The lowest BCUT2D eigenvalue weighted by atomic mass is 9.84. The molecule has 1 aromatic carbocycles. The van der Waals surface area contributed by atoms with Gasteiger partial charge in [-0.25, -0.2) is 0 Å². The van der Waals surface area contributed by atoms with Gasteiger partial charge in [0.1, 0.15) is 0 Å². The van der Waals surface area contributed by atoms with Crippen molar-refractivity contribution < 1.29 is 4.79 Å². The molecule has 0 heterocycles. The second-order valence-electron chi connectivity index (χ2n) is 6.24. The van der Waals surface area contributed by atoms with Crippen LogP contribution in [0.1, 0.15) is 55.8 Å². The second-order valence-corrected chi connectivity index (χ2v) is 7.16. The van der Waals surface area contributed by atoms with E-state index in [9.17, 15) is 4.79 Å². The molecule has 0 aromatic heterocycles. The summed E-state index contributed by atoms with van der Waals surface area (Å²) in [4.78, 5) is 14.6. The summed E-state index contributed by atoms with van der Waals surface area (Å²) in [6.07, 6.45) is 7.23. The van der Waals surface area contributed by atoms with Crippen LogP contribution < -0.4 is 0 Å². The predicted octanol–water partition coefficient (Wildman–Crippen LogP) is 4.92. The van der Waals surface area contributed by atoms with Crippen LogP contribution in [0.25, 0.3) is 0 Å². The fourth-order valence-electron chi connectivity index (χ4n) is 3.23. The molecule has 21 heavy (non-hydrogen) atoms. The van der Waals surface area contributed by atoms with Crippen LogP contribution in [0.4, 0.5) is 0 Å². The van der Waals surface area contributed by atoms with Crippen LogP contribution >= 0.6 is 15.9 Å². The molecule has 0 bridgehead atoms. The van der Waals surface area contributed by atoms with Crippen molar-refractivity contribution in [2.75, 3.05) is 13.6 Å². The number of hydrogen-bond donors (Lipinski definition) is 0. The van der Waals surface area contributed by atoms with Crippen LogP contribution in [0.2, 0.25) is 0 Å². The summed E-state index contributed by atoms with van der Waals surface area (Å²) < 4.78 is 1.02. The smallest absolute Gasteiger partial charge is 0.164 e. The van der Waals surface area contributed by atoms with Crippen molar-refractivity contribution in [2.24, 2.45) is 5.92 Å². The maximum absolute atomic E-state index is 12.2. The van der Waals surface area contributed by atoms with E-state index in [4.69, 9.17) is 0 Å². The lowest BCUT2D eigenvalue weighted by Crippen LogP contribution is -2.36. The minimum atomic E-state index is 0.247. The van der Waals surface area contributed by atoms with Gasteiger partial charge in [0, 0.05) is 29.0 Å². The molecule has 0 spiro atoms. The third kappa shape index (κ3) is 4.93. The molecule has 0 radical (unpaired) electrons. The Labute approximate surface area is 137 Å². The molecule has 2 nitrogen and oxygen atoms in total. The lowest BCUT2D eigenvalue weighted by molar-refractivity contribution is 0.0946. The van der Waals surface area contributed by atoms with Gasteiger partial charge in [-0.05, 0) is 50.8 Å². The normalized spacial score (nSPS) is 22.5. The van der Waals surface area contributed by atoms with E-state index in [1.165, 1.54) is 32.1 Å². The Morgan fingerprint density at radius 2 is 1.81 bits per heavy atom. The standard InChI is InChI=1S/C18H26BrNO/c1-3-14-4-10-17(11-5-14)20(2)13-12-18(21)15-6-8-16(19)9-7-15/h6-9,14,17H,3-5,10-13H2,1-2H3. The molecule has 116 valence electrons. The van der Waals surface area contributed by atoms with Crippen LogP contribution in [0.15, 0.2) is 28.7 Å². The quantitative estimate of drug-likeness (QED) is 0.677. The molecule has 0 N–H and O–H groups in total. The Kier molecular flexibility index (Phi) is 6.43. The first-order valence-corrected chi connectivity index (χ1v) is 8.88. The average Bonchev–Trinajstić information content (AvgIpc) is 2.53. The molecule has 1 saturated carbocycles. The van der Waals surface area contributed by atoms with Crippen LogP contribution in [-0.2, 0) is 0 Å². The number of halogens is 1. The number of benzene rings is 1. The Balaban J connectivity index is 1.77. The van der Waals surface area contributed by atoms with Gasteiger partial charge >= 0.3 is 0 Å². The maximum atomic E-state index is 12.2. The Morgan fingerprint density at radius 3 is 2.38 bits per heavy atom. The van der Waals surface area contributed by atoms with Gasteiger partial charge in [-0.1, -0.05) is 41.4 Å². The monoisotopic (exact) mass is 351 g/mol. The van der Waals surface area contributed by atoms with Gasteiger partial charge < -0.3 is 4.90 Å². The number of carbonyl (C=O) groups excluding carboxylic acids is 1. The van der Waals surface area contributed by atoms with Crippen LogP contribution in [0, 0.1) is 5.92 Å². The van der Waals surface area contributed by atoms with E-state index >= 15 is 0 Å². The lowest BCUT2D eigenvalue weighted by Gasteiger charge is -2.34. The SMILES string of the molecule is CCC1CCC(N(C)CCC(=O)c2ccc(Br)cc2)CC1. The highest BCUT2D eigenvalue weighted by atomic mass is 79.9. The third-order valence-corrected chi connectivity index (χ3v) is 5.40. The van der Waals surface area contributed by atoms with E-state index < -0.39 is 0 Å². The van der Waals surface area contributed by atoms with Crippen LogP contribution in [0.5, 0.6) is 0 Å². The molecule has 0 unspecified atom stereocenters. The Morgan fingerprint density at radius 1 is 1.19 bits per heavy atom. The minimum absolute atomic E-state index is 0.247. The minimum Gasteiger partial charge on any atom is -0.303 e. The van der Waals surface area contributed by atoms with Gasteiger partial charge in [0.15, 0.2) is 5.78 Å². The number of hydrogen-bond acceptors (Lipinski definition) is 2. The van der Waals surface area contributed by atoms with Gasteiger partial charge in [-0.15, -0.1) is 0 Å². The second kappa shape index (κ2) is 8.09. The molecule has 0 atom stereocenters. The molecular formula is C18H26BrNO. The first-order chi connectivity index (χ1) is 10.1. The average molecular weight is 352 g/mol. The van der Waals surface area contributed by atoms with Gasteiger partial charge in [-0.2, -0.15) is 0 Å². The Bertz CT molecular complexity index is 449. The predicted molar refractivity (Wildman–Crippen MR) is 91.8 cm³/mol. The first kappa shape index (κ1) is 16.7. The fourth-order valence-corrected chi connectivity index (χ4v) is 3.50. The number of rotatable bonds is 6. The van der Waals surface area contributed by atoms with E-state index in [-0.39, 0.29) is 5.78 Å². The molecule has 0 amide bonds. The van der Waals surface area contributed by atoms with Crippen molar-refractivity contribution in [1.29, 1.82) is 0 Å². The Hall–Kier alpha value is -0.670. The van der Waals surface area contributed by atoms with E-state index in [2.05, 4.69) is 34.8 Å². The summed E-state index contributed by atoms with van der Waals surface area (Å²) in [5.74, 6) is 1.18. The van der Waals surface area contributed by atoms with Crippen molar-refractivity contribution in [3.63, 3.8) is 0 Å². The number of nitrogens with zero attached hydrogens (tertiary/aromatic N) is 1. The van der Waals surface area contributed by atoms with E-state index in [1.807, 2.05) is 24.3 Å². The molecule has 1 aliphatic carbocycles. The highest BCUT2D eigenvalue weighted by Gasteiger charge is 2.23. The van der Waals surface area contributed by atoms with Crippen molar-refractivity contribution in [2.45, 2.75) is 51.5 Å². The zero-order chi connectivity index (χ0) is 15.2. The summed E-state index contributed by atoms with van der Waals surface area (Å²) in [6.45, 7) is 3.17. The molecule has 3 heteroatoms. The number of carbonyl (C=O) groups is 1. The summed E-state index contributed by atoms with van der Waals surface area (Å²) in [5.41, 5.74) is 0.821. The van der Waals surface area contributed by atoms with Crippen molar-refractivity contribution >= 4 is 21.7 Å². The summed E-state index contributed by atoms with van der Waals surface area (Å²) in [5, 5.41) is 0. The summed E-state index contributed by atoms with van der Waals surface area (Å²) in [6, 6.07) is 8.34. The van der Waals surface area contributed by atoms with Gasteiger partial charge in [0.25, 0.3) is 0 Å². The zero-order valence-corrected chi connectivity index (χ0v) is 14.7. The van der Waals surface area contributed by atoms with Gasteiger partial charge in [0.05, 0.1) is 0 Å². The van der Waals surface area contributed by atoms with Crippen LogP contribution in [0.3, 0.4) is 0 Å². The fraction of sp³-hybridized carbons (Fsp3) is 0.611. The molecular weight excluding hydrogens is 326 g/mol. The highest BCUT2D eigenvalue weighted by Crippen LogP contribution is 2.29. The molecule has 1 aliphatic rings. The molecule has 2 rings (SSSR count). The molecule has 1 fully saturated rings. The van der Waals surface area contributed by atoms with Gasteiger partial charge in [-0.3, -0.25) is 4.79 Å². The maximum Gasteiger partial charge on any atom is 0.164 e. The highest BCUT2D eigenvalue weighted by molar-refractivity contribution is 9.10. The van der Waals surface area contributed by atoms with E-state index in [0.29, 0.717) is 12.5 Å². The molecule has 0 aliphatic heterocycles. The number of ketones is 1. The summed E-state index contributed by atoms with van der Waals surface area (Å²) in [7, 11) is 2.17. The summed E-state index contributed by atoms with van der Waals surface area (Å²) >= 11 is 3.40. The molecule has 1 aromatic rings. The van der Waals surface area contributed by atoms with E-state index in [0.717, 1.165) is 22.5 Å². The van der Waals surface area contributed by atoms with E-state index in [1.54, 1.807) is 0 Å². The van der Waals surface area contributed by atoms with Crippen molar-refractivity contribution in [3.8, 4) is 0 Å². The number of Topliss-reactive ketones (excluding diaryl/α,β-unsaturated/α-hetero) is 1. The zero-order valence-electron chi connectivity index (χ0n) is 13.1. The molecule has 0 saturated heterocycles. The third-order valence-electron chi connectivity index (χ3n) is 4.87. The van der Waals surface area contributed by atoms with Crippen molar-refractivity contribution in [1.82, 2.24) is 4.90 Å². The van der Waals surface area contributed by atoms with Gasteiger partial charge in [0.2, 0.25) is 0 Å². The topological polar surface area (TPSA) is 20.3 Å². The largest absolute Gasteiger partial charge is 0.303 e. The van der Waals surface area contributed by atoms with Crippen molar-refractivity contribution in [3.05, 3.63) is 34.3 Å².